The molecule has 3 rings (SSSR count). The number of alkyl halides is 4. The molecule has 2 aromatic rings. The van der Waals surface area contributed by atoms with Crippen molar-refractivity contribution in [2.24, 2.45) is 0 Å². The van der Waals surface area contributed by atoms with Crippen LogP contribution in [0.3, 0.4) is 0 Å². The summed E-state index contributed by atoms with van der Waals surface area (Å²) in [7, 11) is 1.40. The number of hydrogen-bond donors (Lipinski definition) is 1. The largest absolute Gasteiger partial charge is 0.496 e. The molecule has 0 spiro atoms. The first kappa shape index (κ1) is 16.9. The smallest absolute Gasteiger partial charge is 0.416 e. The Morgan fingerprint density at radius 3 is 2.46 bits per heavy atom. The topological polar surface area (TPSA) is 38.3 Å². The van der Waals surface area contributed by atoms with E-state index in [1.54, 1.807) is 6.07 Å². The van der Waals surface area contributed by atoms with Crippen molar-refractivity contribution in [2.75, 3.05) is 12.4 Å². The summed E-state index contributed by atoms with van der Waals surface area (Å²) in [4.78, 5) is 10.7. The van der Waals surface area contributed by atoms with Gasteiger partial charge in [0, 0.05) is 21.8 Å². The summed E-state index contributed by atoms with van der Waals surface area (Å²) in [5, 5.41) is 2.72. The number of methoxy groups -OCH3 is 1. The van der Waals surface area contributed by atoms with E-state index in [-0.39, 0.29) is 16.8 Å². The molecular weight excluding hydrogens is 366 g/mol. The van der Waals surface area contributed by atoms with E-state index < -0.39 is 22.5 Å². The van der Waals surface area contributed by atoms with Gasteiger partial charge in [-0.05, 0) is 30.3 Å². The first-order valence-corrected chi connectivity index (χ1v) is 7.49. The van der Waals surface area contributed by atoms with Crippen molar-refractivity contribution in [3.8, 4) is 5.75 Å². The van der Waals surface area contributed by atoms with Gasteiger partial charge in [0.05, 0.1) is 12.7 Å². The zero-order valence-electron chi connectivity index (χ0n) is 12.2. The summed E-state index contributed by atoms with van der Waals surface area (Å²) >= 11 is 12.5. The maximum Gasteiger partial charge on any atom is 0.416 e. The molecule has 0 aliphatic carbocycles. The second-order valence-electron chi connectivity index (χ2n) is 5.22. The molecule has 2 aromatic carbocycles. The highest BCUT2D eigenvalue weighted by Crippen LogP contribution is 2.50. The molecule has 1 unspecified atom stereocenters. The second-order valence-corrected chi connectivity index (χ2v) is 6.22. The molecule has 1 aliphatic heterocycles. The summed E-state index contributed by atoms with van der Waals surface area (Å²) in [6.07, 6.45) is -4.52. The maximum atomic E-state index is 12.9. The number of ether oxygens (including phenoxy) is 1. The molecule has 0 radical (unpaired) electrons. The molecule has 8 heteroatoms. The molecule has 3 nitrogen and oxygen atoms in total. The lowest BCUT2D eigenvalue weighted by Crippen LogP contribution is -2.30. The zero-order valence-corrected chi connectivity index (χ0v) is 13.7. The average molecular weight is 376 g/mol. The zero-order chi connectivity index (χ0) is 17.7. The molecule has 0 aromatic heterocycles. The van der Waals surface area contributed by atoms with Gasteiger partial charge >= 0.3 is 6.18 Å². The van der Waals surface area contributed by atoms with Gasteiger partial charge in [0.25, 0.3) is 5.91 Å². The van der Waals surface area contributed by atoms with Gasteiger partial charge < -0.3 is 10.1 Å². The van der Waals surface area contributed by atoms with E-state index in [0.717, 1.165) is 12.1 Å². The van der Waals surface area contributed by atoms with Crippen LogP contribution in [0.1, 0.15) is 16.7 Å². The van der Waals surface area contributed by atoms with Crippen LogP contribution in [0.5, 0.6) is 5.75 Å². The Kier molecular flexibility index (Phi) is 3.92. The highest BCUT2D eigenvalue weighted by atomic mass is 35.5. The number of nitrogens with one attached hydrogen (secondary N) is 1. The molecule has 1 aliphatic rings. The van der Waals surface area contributed by atoms with Crippen LogP contribution in [-0.2, 0) is 15.8 Å². The van der Waals surface area contributed by atoms with E-state index in [9.17, 15) is 18.0 Å². The van der Waals surface area contributed by atoms with Crippen molar-refractivity contribution in [3.63, 3.8) is 0 Å². The van der Waals surface area contributed by atoms with Crippen LogP contribution in [0.25, 0.3) is 0 Å². The Bertz CT molecular complexity index is 839. The lowest BCUT2D eigenvalue weighted by Gasteiger charge is -2.23. The van der Waals surface area contributed by atoms with Gasteiger partial charge in [-0.15, -0.1) is 0 Å². The van der Waals surface area contributed by atoms with Crippen LogP contribution < -0.4 is 10.1 Å². The highest BCUT2D eigenvalue weighted by molar-refractivity contribution is 6.41. The normalized spacial score (nSPS) is 19.8. The molecule has 126 valence electrons. The standard InChI is InChI=1S/C16H10Cl2F3NO2/c1-24-13-5-3-9(17)7-11(13)15(18)10-4-2-8(16(19,20)21)6-12(10)22-14(15)23/h2-7H,1H3,(H,22,23). The van der Waals surface area contributed by atoms with Crippen LogP contribution in [0, 0.1) is 0 Å². The Labute approximate surface area is 145 Å². The number of benzene rings is 2. The molecule has 1 atom stereocenters. The van der Waals surface area contributed by atoms with Crippen LogP contribution >= 0.6 is 23.2 Å². The van der Waals surface area contributed by atoms with Crippen LogP contribution in [0.15, 0.2) is 36.4 Å². The predicted molar refractivity (Wildman–Crippen MR) is 84.7 cm³/mol. The van der Waals surface area contributed by atoms with Gasteiger partial charge in [0.15, 0.2) is 4.87 Å². The van der Waals surface area contributed by atoms with Gasteiger partial charge in [-0.2, -0.15) is 13.2 Å². The molecule has 1 amide bonds. The van der Waals surface area contributed by atoms with Crippen LogP contribution in [-0.4, -0.2) is 13.0 Å². The van der Waals surface area contributed by atoms with Gasteiger partial charge in [-0.25, -0.2) is 0 Å². The molecular formula is C16H10Cl2F3NO2. The highest BCUT2D eigenvalue weighted by Gasteiger charge is 2.49. The number of hydrogen-bond acceptors (Lipinski definition) is 2. The minimum atomic E-state index is -4.52. The fourth-order valence-electron chi connectivity index (χ4n) is 2.67. The van der Waals surface area contributed by atoms with E-state index in [0.29, 0.717) is 10.8 Å². The molecule has 1 heterocycles. The third-order valence-electron chi connectivity index (χ3n) is 3.81. The lowest BCUT2D eigenvalue weighted by molar-refractivity contribution is -0.137. The van der Waals surface area contributed by atoms with Crippen molar-refractivity contribution in [1.82, 2.24) is 0 Å². The van der Waals surface area contributed by atoms with Crippen LogP contribution in [0.4, 0.5) is 18.9 Å². The summed E-state index contributed by atoms with van der Waals surface area (Å²) in [6.45, 7) is 0. The number of fused-ring (bicyclic) bond motifs is 1. The third-order valence-corrected chi connectivity index (χ3v) is 4.63. The van der Waals surface area contributed by atoms with E-state index in [2.05, 4.69) is 5.32 Å². The SMILES string of the molecule is COc1ccc(Cl)cc1C1(Cl)C(=O)Nc2cc(C(F)(F)F)ccc21. The molecule has 24 heavy (non-hydrogen) atoms. The van der Waals surface area contributed by atoms with E-state index in [4.69, 9.17) is 27.9 Å². The predicted octanol–water partition coefficient (Wildman–Crippen LogP) is 4.80. The summed E-state index contributed by atoms with van der Waals surface area (Å²) in [6, 6.07) is 7.48. The number of rotatable bonds is 2. The minimum absolute atomic E-state index is 0.00635. The fraction of sp³-hybridized carbons (Fsp3) is 0.188. The Morgan fingerprint density at radius 1 is 1.12 bits per heavy atom. The molecule has 0 saturated carbocycles. The molecule has 0 saturated heterocycles. The van der Waals surface area contributed by atoms with Crippen molar-refractivity contribution in [1.29, 1.82) is 0 Å². The Balaban J connectivity index is 2.21. The van der Waals surface area contributed by atoms with Crippen molar-refractivity contribution < 1.29 is 22.7 Å². The summed E-state index contributed by atoms with van der Waals surface area (Å²) < 4.78 is 43.8. The number of carbonyl (C=O) groups excluding carboxylic acids is 1. The Hall–Kier alpha value is -1.92. The first-order chi connectivity index (χ1) is 11.2. The number of carbonyl (C=O) groups is 1. The first-order valence-electron chi connectivity index (χ1n) is 6.74. The second kappa shape index (κ2) is 5.57. The van der Waals surface area contributed by atoms with Gasteiger partial charge in [0.2, 0.25) is 0 Å². The van der Waals surface area contributed by atoms with Gasteiger partial charge in [-0.1, -0.05) is 29.3 Å². The average Bonchev–Trinajstić information content (AvgIpc) is 2.78. The summed E-state index contributed by atoms with van der Waals surface area (Å²) in [5.41, 5.74) is -0.398. The van der Waals surface area contributed by atoms with Gasteiger partial charge in [-0.3, -0.25) is 4.79 Å². The van der Waals surface area contributed by atoms with Crippen molar-refractivity contribution in [2.45, 2.75) is 11.1 Å². The lowest BCUT2D eigenvalue weighted by atomic mass is 9.90. The van der Waals surface area contributed by atoms with Crippen LogP contribution in [0.2, 0.25) is 5.02 Å². The molecule has 1 N–H and O–H groups in total. The van der Waals surface area contributed by atoms with E-state index in [1.165, 1.54) is 25.3 Å². The quantitative estimate of drug-likeness (QED) is 0.765. The van der Waals surface area contributed by atoms with E-state index in [1.807, 2.05) is 0 Å². The van der Waals surface area contributed by atoms with Crippen molar-refractivity contribution in [3.05, 3.63) is 58.1 Å². The minimum Gasteiger partial charge on any atom is -0.496 e. The molecule has 0 fully saturated rings. The van der Waals surface area contributed by atoms with Crippen molar-refractivity contribution >= 4 is 34.8 Å². The number of halogens is 5. The number of amides is 1. The summed E-state index contributed by atoms with van der Waals surface area (Å²) in [5.74, 6) is -0.364. The number of anilines is 1. The van der Waals surface area contributed by atoms with E-state index >= 15 is 0 Å². The maximum absolute atomic E-state index is 12.9. The monoisotopic (exact) mass is 375 g/mol. The fourth-order valence-corrected chi connectivity index (χ4v) is 3.20. The third kappa shape index (κ3) is 2.50. The molecule has 0 bridgehead atoms. The Morgan fingerprint density at radius 2 is 1.83 bits per heavy atom. The van der Waals surface area contributed by atoms with Gasteiger partial charge in [0.1, 0.15) is 5.75 Å².